The zero-order valence-corrected chi connectivity index (χ0v) is 11.3. The number of aliphatic imine (C=N–C) groups is 1. The third-order valence-electron chi connectivity index (χ3n) is 1.41. The predicted octanol–water partition coefficient (Wildman–Crippen LogP) is -1.34. The third-order valence-corrected chi connectivity index (χ3v) is 2.24. The first-order valence-corrected chi connectivity index (χ1v) is 6.19. The van der Waals surface area contributed by atoms with Crippen LogP contribution in [-0.4, -0.2) is 19.0 Å². The smallest absolute Gasteiger partial charge is 0.799 e. The molecule has 0 aromatic heterocycles. The van der Waals surface area contributed by atoms with Gasteiger partial charge in [0.1, 0.15) is 0 Å². The molecule has 1 atom stereocenters. The van der Waals surface area contributed by atoms with E-state index in [9.17, 15) is 9.46 Å². The Labute approximate surface area is 106 Å². The molecule has 0 saturated carbocycles. The van der Waals surface area contributed by atoms with Crippen molar-refractivity contribution in [3.05, 3.63) is 30.3 Å². The number of hydrogen-bond acceptors (Lipinski definition) is 3. The van der Waals surface area contributed by atoms with Crippen molar-refractivity contribution in [1.82, 2.24) is 0 Å². The van der Waals surface area contributed by atoms with Crippen molar-refractivity contribution >= 4 is 19.3 Å². The second-order valence-electron chi connectivity index (χ2n) is 2.84. The summed E-state index contributed by atoms with van der Waals surface area (Å²) in [7, 11) is -3.20. The first kappa shape index (κ1) is 14.1. The summed E-state index contributed by atoms with van der Waals surface area (Å²) < 4.78 is 10.8. The molecule has 0 aliphatic heterocycles. The topological polar surface area (TPSA) is 52.5 Å². The van der Waals surface area contributed by atoms with E-state index in [0.717, 1.165) is 5.69 Å². The van der Waals surface area contributed by atoms with Crippen LogP contribution < -0.4 is 34.5 Å². The number of benzene rings is 1. The van der Waals surface area contributed by atoms with E-state index in [1.807, 2.05) is 30.3 Å². The summed E-state index contributed by atoms with van der Waals surface area (Å²) in [5, 5.41) is 0. The van der Waals surface area contributed by atoms with Gasteiger partial charge in [-0.3, -0.25) is 4.99 Å². The maximum absolute atomic E-state index is 10.8. The van der Waals surface area contributed by atoms with Crippen molar-refractivity contribution < 1.29 is 39.0 Å². The standard InChI is InChI=1S/C9H12NO2P.Na/c1-13(11,12)8-7-10-9-5-3-2-4-6-9;/h2-7H,8H2,1H3,(H,11,12);/q;+1/p-1. The number of rotatable bonds is 3. The average molecular weight is 219 g/mol. The molecule has 1 aromatic carbocycles. The Kier molecular flexibility index (Phi) is 6.58. The number of para-hydroxylation sites is 1. The summed E-state index contributed by atoms with van der Waals surface area (Å²) in [4.78, 5) is 14.8. The van der Waals surface area contributed by atoms with Gasteiger partial charge in [0.05, 0.1) is 5.69 Å². The second-order valence-corrected chi connectivity index (χ2v) is 5.24. The van der Waals surface area contributed by atoms with Crippen LogP contribution in [0.25, 0.3) is 0 Å². The van der Waals surface area contributed by atoms with E-state index in [-0.39, 0.29) is 35.7 Å². The van der Waals surface area contributed by atoms with E-state index in [1.54, 1.807) is 0 Å². The minimum Gasteiger partial charge on any atom is -0.799 e. The normalized spacial score (nSPS) is 14.7. The average Bonchev–Trinajstić information content (AvgIpc) is 2.04. The van der Waals surface area contributed by atoms with E-state index < -0.39 is 7.37 Å². The molecule has 0 heterocycles. The van der Waals surface area contributed by atoms with Crippen LogP contribution in [0.3, 0.4) is 0 Å². The molecule has 0 aliphatic rings. The molecule has 0 aliphatic carbocycles. The molecule has 5 heteroatoms. The summed E-state index contributed by atoms with van der Waals surface area (Å²) in [5.41, 5.74) is 0.774. The van der Waals surface area contributed by atoms with E-state index in [0.29, 0.717) is 0 Å². The molecule has 0 spiro atoms. The van der Waals surface area contributed by atoms with Gasteiger partial charge < -0.3 is 9.46 Å². The van der Waals surface area contributed by atoms with Crippen LogP contribution in [0.4, 0.5) is 5.69 Å². The van der Waals surface area contributed by atoms with Gasteiger partial charge in [-0.15, -0.1) is 0 Å². The van der Waals surface area contributed by atoms with Crippen LogP contribution in [0.1, 0.15) is 0 Å². The van der Waals surface area contributed by atoms with Gasteiger partial charge in [-0.2, -0.15) is 0 Å². The molecule has 0 fully saturated rings. The summed E-state index contributed by atoms with van der Waals surface area (Å²) in [6, 6.07) is 9.24. The molecule has 0 amide bonds. The summed E-state index contributed by atoms with van der Waals surface area (Å²) >= 11 is 0. The zero-order chi connectivity index (χ0) is 9.73. The second kappa shape index (κ2) is 6.54. The first-order valence-electron chi connectivity index (χ1n) is 3.93. The summed E-state index contributed by atoms with van der Waals surface area (Å²) in [5.74, 6) is 0. The fourth-order valence-electron chi connectivity index (χ4n) is 0.809. The Balaban J connectivity index is 0.00000169. The van der Waals surface area contributed by atoms with E-state index >= 15 is 0 Å². The molecule has 1 aromatic rings. The summed E-state index contributed by atoms with van der Waals surface area (Å²) in [6.45, 7) is 1.21. The third kappa shape index (κ3) is 6.52. The molecule has 1 unspecified atom stereocenters. The van der Waals surface area contributed by atoms with Gasteiger partial charge in [0.25, 0.3) is 0 Å². The first-order chi connectivity index (χ1) is 6.08. The minimum absolute atomic E-state index is 0. The molecule has 0 radical (unpaired) electrons. The van der Waals surface area contributed by atoms with Crippen LogP contribution in [-0.2, 0) is 4.57 Å². The molecule has 0 saturated heterocycles. The van der Waals surface area contributed by atoms with Crippen LogP contribution in [0, 0.1) is 0 Å². The molecule has 14 heavy (non-hydrogen) atoms. The fraction of sp³-hybridized carbons (Fsp3) is 0.222. The van der Waals surface area contributed by atoms with Gasteiger partial charge in [0.2, 0.25) is 0 Å². The quantitative estimate of drug-likeness (QED) is 0.359. The molecule has 1 rings (SSSR count). The number of hydrogen-bond donors (Lipinski definition) is 0. The van der Waals surface area contributed by atoms with E-state index in [1.165, 1.54) is 12.9 Å². The fourth-order valence-corrected chi connectivity index (χ4v) is 1.19. The Hall–Kier alpha value is 0.0800. The van der Waals surface area contributed by atoms with Crippen molar-refractivity contribution in [3.63, 3.8) is 0 Å². The maximum atomic E-state index is 10.8. The van der Waals surface area contributed by atoms with Crippen LogP contribution in [0.15, 0.2) is 35.3 Å². The SMILES string of the molecule is CP(=O)([O-])CC=Nc1ccccc1.[Na+]. The molecule has 70 valence electrons. The van der Waals surface area contributed by atoms with Gasteiger partial charge in [0.15, 0.2) is 0 Å². The van der Waals surface area contributed by atoms with E-state index in [4.69, 9.17) is 0 Å². The molecular formula is C9H11NNaO2P. The Morgan fingerprint density at radius 1 is 1.43 bits per heavy atom. The van der Waals surface area contributed by atoms with Crippen LogP contribution >= 0.6 is 7.37 Å². The van der Waals surface area contributed by atoms with Crippen molar-refractivity contribution in [2.75, 3.05) is 12.8 Å². The number of nitrogens with zero attached hydrogens (tertiary/aromatic N) is 1. The van der Waals surface area contributed by atoms with Crippen molar-refractivity contribution in [3.8, 4) is 0 Å². The van der Waals surface area contributed by atoms with Crippen molar-refractivity contribution in [2.45, 2.75) is 0 Å². The van der Waals surface area contributed by atoms with Crippen LogP contribution in [0.5, 0.6) is 0 Å². The Morgan fingerprint density at radius 2 is 2.00 bits per heavy atom. The van der Waals surface area contributed by atoms with Gasteiger partial charge in [0, 0.05) is 19.7 Å². The Morgan fingerprint density at radius 3 is 2.50 bits per heavy atom. The van der Waals surface area contributed by atoms with Gasteiger partial charge in [-0.1, -0.05) is 18.2 Å². The van der Waals surface area contributed by atoms with Crippen LogP contribution in [0.2, 0.25) is 0 Å². The molecule has 3 nitrogen and oxygen atoms in total. The van der Waals surface area contributed by atoms with E-state index in [2.05, 4.69) is 4.99 Å². The Bertz CT molecular complexity index is 334. The minimum atomic E-state index is -3.20. The summed E-state index contributed by atoms with van der Waals surface area (Å²) in [6.07, 6.45) is 1.44. The van der Waals surface area contributed by atoms with Gasteiger partial charge >= 0.3 is 29.6 Å². The molecule has 0 N–H and O–H groups in total. The molecule has 0 bridgehead atoms. The van der Waals surface area contributed by atoms with Crippen molar-refractivity contribution in [2.24, 2.45) is 4.99 Å². The monoisotopic (exact) mass is 219 g/mol. The van der Waals surface area contributed by atoms with Gasteiger partial charge in [-0.25, -0.2) is 0 Å². The van der Waals surface area contributed by atoms with Crippen molar-refractivity contribution in [1.29, 1.82) is 0 Å². The maximum Gasteiger partial charge on any atom is 1.00 e. The largest absolute Gasteiger partial charge is 1.00 e. The predicted molar refractivity (Wildman–Crippen MR) is 53.0 cm³/mol. The zero-order valence-electron chi connectivity index (χ0n) is 8.38. The molecular weight excluding hydrogens is 208 g/mol. The van der Waals surface area contributed by atoms with Gasteiger partial charge in [-0.05, 0) is 18.8 Å².